The van der Waals surface area contributed by atoms with Crippen LogP contribution in [0.25, 0.3) is 0 Å². The van der Waals surface area contributed by atoms with E-state index in [1.807, 2.05) is 24.8 Å². The molecule has 0 fully saturated rings. The third-order valence-corrected chi connectivity index (χ3v) is 4.41. The van der Waals surface area contributed by atoms with Gasteiger partial charge < -0.3 is 5.32 Å². The lowest BCUT2D eigenvalue weighted by molar-refractivity contribution is 0.627. The topological polar surface area (TPSA) is 12.0 Å². The number of nitrogens with one attached hydrogen (secondary N) is 1. The summed E-state index contributed by atoms with van der Waals surface area (Å²) in [4.78, 5) is 1.32. The van der Waals surface area contributed by atoms with E-state index < -0.39 is 0 Å². The smallest absolute Gasteiger partial charge is 0.125 e. The van der Waals surface area contributed by atoms with Crippen molar-refractivity contribution in [1.29, 1.82) is 0 Å². The van der Waals surface area contributed by atoms with Crippen LogP contribution < -0.4 is 5.32 Å². The Labute approximate surface area is 110 Å². The van der Waals surface area contributed by atoms with E-state index in [1.165, 1.54) is 16.5 Å². The molecule has 0 radical (unpaired) electrons. The van der Waals surface area contributed by atoms with Gasteiger partial charge in [-0.1, -0.05) is 24.3 Å². The van der Waals surface area contributed by atoms with Crippen molar-refractivity contribution in [1.82, 2.24) is 0 Å². The fraction of sp³-hybridized carbons (Fsp3) is 0.200. The van der Waals surface area contributed by atoms with Crippen molar-refractivity contribution in [3.63, 3.8) is 0 Å². The summed E-state index contributed by atoms with van der Waals surface area (Å²) in [6, 6.07) is 13.5. The minimum absolute atomic E-state index is 0.193. The van der Waals surface area contributed by atoms with Crippen molar-refractivity contribution in [3.05, 3.63) is 59.4 Å². The Morgan fingerprint density at radius 1 is 1.22 bits per heavy atom. The zero-order chi connectivity index (χ0) is 12.5. The van der Waals surface area contributed by atoms with Gasteiger partial charge in [-0.05, 0) is 36.2 Å². The number of hydrogen-bond donors (Lipinski definition) is 1. The fourth-order valence-corrected chi connectivity index (χ4v) is 3.38. The monoisotopic (exact) mass is 259 g/mol. The Morgan fingerprint density at radius 3 is 2.94 bits per heavy atom. The molecule has 0 bridgehead atoms. The maximum Gasteiger partial charge on any atom is 0.125 e. The average molecular weight is 259 g/mol. The summed E-state index contributed by atoms with van der Waals surface area (Å²) in [5.74, 6) is 0.803. The number of halogens is 1. The van der Waals surface area contributed by atoms with E-state index in [1.54, 1.807) is 6.07 Å². The van der Waals surface area contributed by atoms with Crippen molar-refractivity contribution in [2.75, 3.05) is 11.1 Å². The molecule has 1 aliphatic heterocycles. The highest BCUT2D eigenvalue weighted by molar-refractivity contribution is 7.99. The highest BCUT2D eigenvalue weighted by atomic mass is 32.2. The van der Waals surface area contributed by atoms with E-state index in [9.17, 15) is 4.39 Å². The lowest BCUT2D eigenvalue weighted by Crippen LogP contribution is -2.10. The molecule has 1 atom stereocenters. The van der Waals surface area contributed by atoms with Crippen molar-refractivity contribution < 1.29 is 4.39 Å². The van der Waals surface area contributed by atoms with E-state index in [0.717, 1.165) is 17.0 Å². The number of rotatable bonds is 2. The molecule has 0 aromatic heterocycles. The van der Waals surface area contributed by atoms with Crippen molar-refractivity contribution in [3.8, 4) is 0 Å². The minimum Gasteiger partial charge on any atom is -0.377 e. The number of anilines is 1. The first-order chi connectivity index (χ1) is 8.74. The third kappa shape index (κ3) is 2.10. The zero-order valence-corrected chi connectivity index (χ0v) is 10.9. The summed E-state index contributed by atoms with van der Waals surface area (Å²) in [7, 11) is 0. The Bertz CT molecular complexity index is 582. The van der Waals surface area contributed by atoms with Crippen LogP contribution in [0.5, 0.6) is 0 Å². The predicted molar refractivity (Wildman–Crippen MR) is 74.7 cm³/mol. The van der Waals surface area contributed by atoms with E-state index in [-0.39, 0.29) is 11.9 Å². The molecule has 1 unspecified atom stereocenters. The van der Waals surface area contributed by atoms with E-state index in [2.05, 4.69) is 29.6 Å². The molecule has 1 heterocycles. The summed E-state index contributed by atoms with van der Waals surface area (Å²) in [5.41, 5.74) is 3.27. The van der Waals surface area contributed by atoms with Crippen LogP contribution in [0, 0.1) is 12.7 Å². The van der Waals surface area contributed by atoms with E-state index in [0.29, 0.717) is 0 Å². The van der Waals surface area contributed by atoms with Crippen LogP contribution >= 0.6 is 11.8 Å². The van der Waals surface area contributed by atoms with Crippen LogP contribution in [0.3, 0.4) is 0 Å². The number of hydrogen-bond acceptors (Lipinski definition) is 2. The highest BCUT2D eigenvalue weighted by Gasteiger charge is 2.22. The molecule has 1 N–H and O–H groups in total. The Kier molecular flexibility index (Phi) is 3.00. The Morgan fingerprint density at radius 2 is 2.06 bits per heavy atom. The second-order valence-electron chi connectivity index (χ2n) is 4.50. The van der Waals surface area contributed by atoms with Crippen molar-refractivity contribution in [2.45, 2.75) is 17.9 Å². The number of benzene rings is 2. The summed E-state index contributed by atoms with van der Waals surface area (Å²) in [6.07, 6.45) is 0. The van der Waals surface area contributed by atoms with Crippen LogP contribution in [-0.4, -0.2) is 5.75 Å². The predicted octanol–water partition coefficient (Wildman–Crippen LogP) is 4.39. The zero-order valence-electron chi connectivity index (χ0n) is 10.1. The lowest BCUT2D eigenvalue weighted by atomic mass is 10.1. The van der Waals surface area contributed by atoms with Gasteiger partial charge in [-0.15, -0.1) is 11.8 Å². The van der Waals surface area contributed by atoms with E-state index >= 15 is 0 Å². The van der Waals surface area contributed by atoms with Crippen LogP contribution in [0.1, 0.15) is 17.2 Å². The number of thioether (sulfide) groups is 1. The largest absolute Gasteiger partial charge is 0.377 e. The van der Waals surface area contributed by atoms with Gasteiger partial charge in [0, 0.05) is 16.3 Å². The first-order valence-electron chi connectivity index (χ1n) is 5.98. The van der Waals surface area contributed by atoms with Gasteiger partial charge in [0.25, 0.3) is 0 Å². The van der Waals surface area contributed by atoms with Gasteiger partial charge in [0.2, 0.25) is 0 Å². The van der Waals surface area contributed by atoms with Crippen molar-refractivity contribution in [2.24, 2.45) is 0 Å². The lowest BCUT2D eigenvalue weighted by Gasteiger charge is -2.16. The molecule has 1 aliphatic rings. The summed E-state index contributed by atoms with van der Waals surface area (Å²) < 4.78 is 13.3. The van der Waals surface area contributed by atoms with Crippen LogP contribution in [0.2, 0.25) is 0 Å². The molecule has 2 aromatic carbocycles. The second-order valence-corrected chi connectivity index (χ2v) is 5.57. The summed E-state index contributed by atoms with van der Waals surface area (Å²) in [6.45, 7) is 2.00. The van der Waals surface area contributed by atoms with Gasteiger partial charge in [-0.2, -0.15) is 0 Å². The number of fused-ring (bicyclic) bond motifs is 1. The average Bonchev–Trinajstić information content (AvgIpc) is 2.78. The molecule has 2 aromatic rings. The van der Waals surface area contributed by atoms with Crippen LogP contribution in [0.15, 0.2) is 47.4 Å². The molecule has 1 nitrogen and oxygen atoms in total. The maximum absolute atomic E-state index is 13.3. The normalized spacial score (nSPS) is 17.6. The van der Waals surface area contributed by atoms with Gasteiger partial charge in [-0.25, -0.2) is 4.39 Å². The molecule has 92 valence electrons. The van der Waals surface area contributed by atoms with Crippen molar-refractivity contribution >= 4 is 17.4 Å². The Balaban J connectivity index is 1.88. The molecular weight excluding hydrogens is 245 g/mol. The van der Waals surface area contributed by atoms with Gasteiger partial charge in [-0.3, -0.25) is 0 Å². The summed E-state index contributed by atoms with van der Waals surface area (Å²) in [5, 5.41) is 3.45. The Hall–Kier alpha value is -1.48. The SMILES string of the molecule is Cc1ccc(F)cc1NC1CSc2ccccc21. The van der Waals surface area contributed by atoms with Gasteiger partial charge >= 0.3 is 0 Å². The minimum atomic E-state index is -0.193. The van der Waals surface area contributed by atoms with E-state index in [4.69, 9.17) is 0 Å². The maximum atomic E-state index is 13.3. The first-order valence-corrected chi connectivity index (χ1v) is 6.97. The molecule has 0 spiro atoms. The standard InChI is InChI=1S/C15H14FNS/c1-10-6-7-11(16)8-13(10)17-14-9-18-15-5-3-2-4-12(14)15/h2-8,14,17H,9H2,1H3. The van der Waals surface area contributed by atoms with Gasteiger partial charge in [0.15, 0.2) is 0 Å². The third-order valence-electron chi connectivity index (χ3n) is 3.23. The van der Waals surface area contributed by atoms with Crippen LogP contribution in [-0.2, 0) is 0 Å². The molecule has 3 heteroatoms. The molecular formula is C15H14FNS. The fourth-order valence-electron chi connectivity index (χ4n) is 2.22. The van der Waals surface area contributed by atoms with Crippen LogP contribution in [0.4, 0.5) is 10.1 Å². The molecule has 0 amide bonds. The highest BCUT2D eigenvalue weighted by Crippen LogP contribution is 2.39. The number of aryl methyl sites for hydroxylation is 1. The second kappa shape index (κ2) is 4.65. The van der Waals surface area contributed by atoms with Gasteiger partial charge in [0.05, 0.1) is 6.04 Å². The molecule has 0 aliphatic carbocycles. The molecule has 18 heavy (non-hydrogen) atoms. The molecule has 0 saturated carbocycles. The van der Waals surface area contributed by atoms with Gasteiger partial charge in [0.1, 0.15) is 5.82 Å². The first kappa shape index (κ1) is 11.6. The molecule has 0 saturated heterocycles. The summed E-state index contributed by atoms with van der Waals surface area (Å²) >= 11 is 1.85. The molecule has 3 rings (SSSR count). The quantitative estimate of drug-likeness (QED) is 0.858.